The fourth-order valence-electron chi connectivity index (χ4n) is 5.35. The Labute approximate surface area is 256 Å². The van der Waals surface area contributed by atoms with E-state index in [4.69, 9.17) is 4.74 Å². The first-order valence-electron chi connectivity index (χ1n) is 15.3. The number of hydrogen-bond acceptors (Lipinski definition) is 6. The molecule has 0 saturated carbocycles. The molecule has 0 aliphatic carbocycles. The zero-order chi connectivity index (χ0) is 31.9. The lowest BCUT2D eigenvalue weighted by Crippen LogP contribution is -2.46. The molecular formula is C32H51N7O4. The summed E-state index contributed by atoms with van der Waals surface area (Å²) in [6.45, 7) is 19.6. The lowest BCUT2D eigenvalue weighted by molar-refractivity contribution is -0.119. The van der Waals surface area contributed by atoms with E-state index in [1.54, 1.807) is 0 Å². The molecule has 4 rings (SSSR count). The number of likely N-dealkylation sites (tertiary alicyclic amines) is 2. The van der Waals surface area contributed by atoms with Gasteiger partial charge in [0.1, 0.15) is 5.60 Å². The van der Waals surface area contributed by atoms with Crippen molar-refractivity contribution in [3.8, 4) is 0 Å². The van der Waals surface area contributed by atoms with Crippen LogP contribution < -0.4 is 10.6 Å². The molecule has 0 bridgehead atoms. The average molecular weight is 598 g/mol. The SMILES string of the molecule is CC(C)NC(=O)N1C[C@H](Cn2cc(Cc3ccccc3)nn2)[C@@H]2[C@H]1CCN2C=O.CC(NC(=O)OC(C)(C)C)C(C)(C)C. The Bertz CT molecular complexity index is 1200. The summed E-state index contributed by atoms with van der Waals surface area (Å²) in [4.78, 5) is 39.4. The van der Waals surface area contributed by atoms with E-state index in [1.165, 1.54) is 5.56 Å². The number of benzene rings is 1. The summed E-state index contributed by atoms with van der Waals surface area (Å²) in [6, 6.07) is 10.4. The number of nitrogens with zero attached hydrogens (tertiary/aromatic N) is 5. The summed E-state index contributed by atoms with van der Waals surface area (Å²) in [7, 11) is 0. The molecule has 2 aliphatic heterocycles. The largest absolute Gasteiger partial charge is 0.444 e. The fraction of sp³-hybridized carbons (Fsp3) is 0.656. The van der Waals surface area contributed by atoms with Gasteiger partial charge >= 0.3 is 12.1 Å². The number of carbonyl (C=O) groups is 3. The van der Waals surface area contributed by atoms with Crippen LogP contribution in [0, 0.1) is 11.3 Å². The molecule has 11 heteroatoms. The van der Waals surface area contributed by atoms with E-state index < -0.39 is 5.60 Å². The highest BCUT2D eigenvalue weighted by Crippen LogP contribution is 2.35. The number of nitrogens with one attached hydrogen (secondary N) is 2. The Hall–Kier alpha value is -3.63. The van der Waals surface area contributed by atoms with Crippen molar-refractivity contribution in [2.24, 2.45) is 11.3 Å². The van der Waals surface area contributed by atoms with E-state index in [9.17, 15) is 14.4 Å². The van der Waals surface area contributed by atoms with Gasteiger partial charge in [-0.15, -0.1) is 5.10 Å². The number of fused-ring (bicyclic) bond motifs is 1. The molecule has 3 heterocycles. The third kappa shape index (κ3) is 9.96. The molecule has 238 valence electrons. The number of ether oxygens (including phenoxy) is 1. The topological polar surface area (TPSA) is 122 Å². The Balaban J connectivity index is 0.000000308. The number of hydrogen-bond donors (Lipinski definition) is 2. The monoisotopic (exact) mass is 597 g/mol. The molecule has 2 saturated heterocycles. The molecule has 2 N–H and O–H groups in total. The third-order valence-corrected chi connectivity index (χ3v) is 7.85. The van der Waals surface area contributed by atoms with Crippen LogP contribution in [-0.2, 0) is 22.5 Å². The standard InChI is InChI=1S/C21H28N6O2.C11H23NO2/c1-15(2)22-21(29)27-12-17(20-19(27)8-9-25(20)14-28)11-26-13-18(23-24-26)10-16-6-4-3-5-7-16;1-8(10(2,3)4)12-9(13)14-11(5,6)7/h3-7,13-15,17,19-20H,8-12H2,1-2H3,(H,22,29);8H,1-7H3,(H,12,13)/t17-,19+,20+;/m0./s1. The van der Waals surface area contributed by atoms with Gasteiger partial charge in [0.2, 0.25) is 6.41 Å². The molecule has 4 atom stereocenters. The zero-order valence-electron chi connectivity index (χ0n) is 27.3. The molecule has 2 aromatic rings. The first kappa shape index (κ1) is 33.9. The maximum absolute atomic E-state index is 12.7. The molecular weight excluding hydrogens is 546 g/mol. The van der Waals surface area contributed by atoms with Gasteiger partial charge in [0.25, 0.3) is 0 Å². The third-order valence-electron chi connectivity index (χ3n) is 7.85. The van der Waals surface area contributed by atoms with Crippen LogP contribution in [0.25, 0.3) is 0 Å². The van der Waals surface area contributed by atoms with Crippen LogP contribution >= 0.6 is 0 Å². The number of aromatic nitrogens is 3. The van der Waals surface area contributed by atoms with Gasteiger partial charge in [0.05, 0.1) is 17.8 Å². The minimum atomic E-state index is -0.429. The average Bonchev–Trinajstić information content (AvgIpc) is 3.60. The van der Waals surface area contributed by atoms with Crippen LogP contribution in [-0.4, -0.2) is 86.2 Å². The van der Waals surface area contributed by atoms with Gasteiger partial charge in [-0.3, -0.25) is 9.48 Å². The van der Waals surface area contributed by atoms with E-state index in [1.807, 2.05) is 80.4 Å². The molecule has 4 amide bonds. The predicted molar refractivity (Wildman–Crippen MR) is 166 cm³/mol. The smallest absolute Gasteiger partial charge is 0.407 e. The maximum atomic E-state index is 12.7. The highest BCUT2D eigenvalue weighted by atomic mass is 16.6. The second kappa shape index (κ2) is 14.2. The van der Waals surface area contributed by atoms with Crippen LogP contribution in [0.15, 0.2) is 36.5 Å². The summed E-state index contributed by atoms with van der Waals surface area (Å²) >= 11 is 0. The normalized spacial score (nSPS) is 20.7. The number of carbonyl (C=O) groups excluding carboxylic acids is 3. The predicted octanol–water partition coefficient (Wildman–Crippen LogP) is 4.46. The minimum absolute atomic E-state index is 0.0344. The summed E-state index contributed by atoms with van der Waals surface area (Å²) in [5.41, 5.74) is 1.73. The maximum Gasteiger partial charge on any atom is 0.407 e. The molecule has 0 radical (unpaired) electrons. The highest BCUT2D eigenvalue weighted by Gasteiger charge is 2.50. The van der Waals surface area contributed by atoms with Crippen LogP contribution in [0.4, 0.5) is 9.59 Å². The highest BCUT2D eigenvalue weighted by molar-refractivity contribution is 5.75. The Morgan fingerprint density at radius 1 is 1.07 bits per heavy atom. The van der Waals surface area contributed by atoms with E-state index in [-0.39, 0.29) is 47.6 Å². The van der Waals surface area contributed by atoms with Crippen molar-refractivity contribution in [2.45, 2.75) is 111 Å². The Morgan fingerprint density at radius 2 is 1.74 bits per heavy atom. The van der Waals surface area contributed by atoms with Crippen molar-refractivity contribution in [1.29, 1.82) is 0 Å². The summed E-state index contributed by atoms with van der Waals surface area (Å²) in [5.74, 6) is 0.136. The number of rotatable bonds is 7. The van der Waals surface area contributed by atoms with E-state index in [2.05, 4.69) is 53.8 Å². The van der Waals surface area contributed by atoms with Crippen molar-refractivity contribution < 1.29 is 19.1 Å². The molecule has 2 fully saturated rings. The number of urea groups is 1. The van der Waals surface area contributed by atoms with Gasteiger partial charge in [0, 0.05) is 50.3 Å². The lowest BCUT2D eigenvalue weighted by Gasteiger charge is -2.29. The number of amides is 4. The van der Waals surface area contributed by atoms with Crippen molar-refractivity contribution in [3.63, 3.8) is 0 Å². The van der Waals surface area contributed by atoms with Gasteiger partial charge in [-0.1, -0.05) is 56.3 Å². The molecule has 43 heavy (non-hydrogen) atoms. The molecule has 11 nitrogen and oxygen atoms in total. The molecule has 2 aliphatic rings. The van der Waals surface area contributed by atoms with E-state index >= 15 is 0 Å². The van der Waals surface area contributed by atoms with Crippen molar-refractivity contribution in [2.75, 3.05) is 13.1 Å². The van der Waals surface area contributed by atoms with Gasteiger partial charge in [-0.25, -0.2) is 9.59 Å². The van der Waals surface area contributed by atoms with Crippen LogP contribution in [0.3, 0.4) is 0 Å². The van der Waals surface area contributed by atoms with Crippen LogP contribution in [0.1, 0.15) is 80.0 Å². The molecule has 1 aromatic heterocycles. The van der Waals surface area contributed by atoms with Gasteiger partial charge < -0.3 is 25.2 Å². The fourth-order valence-corrected chi connectivity index (χ4v) is 5.35. The Kier molecular flexibility index (Phi) is 11.2. The minimum Gasteiger partial charge on any atom is -0.444 e. The van der Waals surface area contributed by atoms with Crippen molar-refractivity contribution >= 4 is 18.5 Å². The quantitative estimate of drug-likeness (QED) is 0.455. The lowest BCUT2D eigenvalue weighted by atomic mass is 9.88. The van der Waals surface area contributed by atoms with Crippen molar-refractivity contribution in [3.05, 3.63) is 47.8 Å². The summed E-state index contributed by atoms with van der Waals surface area (Å²) < 4.78 is 7.01. The van der Waals surface area contributed by atoms with E-state index in [0.717, 1.165) is 24.9 Å². The van der Waals surface area contributed by atoms with E-state index in [0.29, 0.717) is 19.6 Å². The zero-order valence-corrected chi connectivity index (χ0v) is 27.3. The van der Waals surface area contributed by atoms with Gasteiger partial charge in [0.15, 0.2) is 0 Å². The molecule has 1 unspecified atom stereocenters. The summed E-state index contributed by atoms with van der Waals surface area (Å²) in [6.07, 6.45) is 4.10. The first-order chi connectivity index (χ1) is 20.1. The second-order valence-electron chi connectivity index (χ2n) is 14.0. The second-order valence-corrected chi connectivity index (χ2v) is 14.0. The van der Waals surface area contributed by atoms with Crippen LogP contribution in [0.2, 0.25) is 0 Å². The van der Waals surface area contributed by atoms with Crippen LogP contribution in [0.5, 0.6) is 0 Å². The molecule has 1 aromatic carbocycles. The number of alkyl carbamates (subject to hydrolysis) is 1. The summed E-state index contributed by atoms with van der Waals surface area (Å²) in [5, 5.41) is 14.4. The first-order valence-corrected chi connectivity index (χ1v) is 15.3. The van der Waals surface area contributed by atoms with Gasteiger partial charge in [-0.05, 0) is 58.9 Å². The van der Waals surface area contributed by atoms with Crippen molar-refractivity contribution in [1.82, 2.24) is 35.4 Å². The Morgan fingerprint density at radius 3 is 2.33 bits per heavy atom. The molecule has 0 spiro atoms. The van der Waals surface area contributed by atoms with Gasteiger partial charge in [-0.2, -0.15) is 0 Å².